The highest BCUT2D eigenvalue weighted by atomic mass is 16.5. The number of para-hydroxylation sites is 6. The summed E-state index contributed by atoms with van der Waals surface area (Å²) in [6.07, 6.45) is 3.74. The number of carbonyl (C=O) groups excluding carboxylic acids is 2. The Morgan fingerprint density at radius 3 is 0.827 bits per heavy atom. The van der Waals surface area contributed by atoms with Gasteiger partial charge in [0.15, 0.2) is 0 Å². The molecule has 368 valence electrons. The molecule has 0 aromatic heterocycles. The van der Waals surface area contributed by atoms with Crippen molar-refractivity contribution in [1.29, 1.82) is 10.5 Å². The maximum atomic E-state index is 11.6. The second kappa shape index (κ2) is 27.7. The average Bonchev–Trinajstić information content (AvgIpc) is 3.47. The lowest BCUT2D eigenvalue weighted by atomic mass is 10.1. The Morgan fingerprint density at radius 2 is 0.613 bits per heavy atom. The van der Waals surface area contributed by atoms with Crippen molar-refractivity contribution in [3.63, 3.8) is 0 Å². The van der Waals surface area contributed by atoms with Crippen LogP contribution in [0.4, 0.5) is 51.2 Å². The number of hydrogen-bond donors (Lipinski definition) is 1. The summed E-state index contributed by atoms with van der Waals surface area (Å²) in [7, 11) is 1.26. The van der Waals surface area contributed by atoms with Crippen molar-refractivity contribution in [3.8, 4) is 12.1 Å². The van der Waals surface area contributed by atoms with E-state index in [0.29, 0.717) is 11.1 Å². The van der Waals surface area contributed by atoms with Gasteiger partial charge in [0.05, 0.1) is 7.11 Å². The third-order valence-electron chi connectivity index (χ3n) is 11.2. The van der Waals surface area contributed by atoms with E-state index in [-0.39, 0.29) is 18.6 Å². The van der Waals surface area contributed by atoms with Crippen LogP contribution in [-0.4, -0.2) is 30.4 Å². The normalized spacial score (nSPS) is 10.4. The molecular weight excluding hydrogens is 931 g/mol. The topological polar surface area (TPSA) is 138 Å². The third kappa shape index (κ3) is 14.8. The summed E-state index contributed by atoms with van der Waals surface area (Å²) in [5.41, 5.74) is 11.0. The van der Waals surface area contributed by atoms with Gasteiger partial charge in [-0.3, -0.25) is 4.79 Å². The van der Waals surface area contributed by atoms with Gasteiger partial charge in [0, 0.05) is 56.7 Å². The summed E-state index contributed by atoms with van der Waals surface area (Å²) < 4.78 is 4.62. The molecule has 75 heavy (non-hydrogen) atoms. The van der Waals surface area contributed by atoms with Gasteiger partial charge in [-0.25, -0.2) is 9.59 Å². The van der Waals surface area contributed by atoms with Crippen LogP contribution < -0.4 is 14.7 Å². The summed E-state index contributed by atoms with van der Waals surface area (Å²) >= 11 is 0. The van der Waals surface area contributed by atoms with Crippen LogP contribution in [0.25, 0.3) is 12.2 Å². The van der Waals surface area contributed by atoms with E-state index in [2.05, 4.69) is 43.7 Å². The predicted octanol–water partition coefficient (Wildman–Crippen LogP) is 16.0. The lowest BCUT2D eigenvalue weighted by Gasteiger charge is -2.25. The SMILES string of the molecule is C.COC(=O)/C(C#N)=C\c1ccc(N(c2ccccc2)c2ccccc2)cc1.N#C/C(=C/c1ccc(N(c2ccccc2)c2ccccc2)cc1)C(=O)O.O=Cc1ccc(N(c2ccccc2)c2ccccc2)cc1. The lowest BCUT2D eigenvalue weighted by Crippen LogP contribution is -2.09. The van der Waals surface area contributed by atoms with Crippen molar-refractivity contribution in [3.05, 3.63) is 283 Å². The van der Waals surface area contributed by atoms with E-state index in [1.807, 2.05) is 224 Å². The van der Waals surface area contributed by atoms with Gasteiger partial charge in [-0.2, -0.15) is 10.5 Å². The second-order valence-electron chi connectivity index (χ2n) is 16.0. The van der Waals surface area contributed by atoms with Gasteiger partial charge < -0.3 is 24.5 Å². The fraction of sp³-hybridized carbons (Fsp3) is 0.0308. The maximum Gasteiger partial charge on any atom is 0.348 e. The van der Waals surface area contributed by atoms with Gasteiger partial charge in [0.25, 0.3) is 0 Å². The van der Waals surface area contributed by atoms with Crippen LogP contribution in [0.2, 0.25) is 0 Å². The Labute approximate surface area is 438 Å². The number of carboxylic acids is 1. The van der Waals surface area contributed by atoms with Crippen LogP contribution in [0, 0.1) is 22.7 Å². The smallest absolute Gasteiger partial charge is 0.348 e. The van der Waals surface area contributed by atoms with E-state index in [1.54, 1.807) is 18.2 Å². The first kappa shape index (κ1) is 53.8. The summed E-state index contributed by atoms with van der Waals surface area (Å²) in [5.74, 6) is -1.87. The molecule has 0 aliphatic carbocycles. The minimum absolute atomic E-state index is 0. The van der Waals surface area contributed by atoms with Crippen LogP contribution in [0.3, 0.4) is 0 Å². The Bertz CT molecular complexity index is 3240. The molecular formula is C65H53N5O5. The number of nitriles is 2. The Hall–Kier alpha value is -10.6. The number of aldehydes is 1. The number of nitrogens with zero attached hydrogens (tertiary/aromatic N) is 5. The molecule has 0 spiro atoms. The predicted molar refractivity (Wildman–Crippen MR) is 302 cm³/mol. The number of anilines is 9. The summed E-state index contributed by atoms with van der Waals surface area (Å²) in [6.45, 7) is 0. The number of benzene rings is 9. The molecule has 0 fully saturated rings. The van der Waals surface area contributed by atoms with Crippen molar-refractivity contribution in [2.75, 3.05) is 21.8 Å². The van der Waals surface area contributed by atoms with Crippen LogP contribution in [0.5, 0.6) is 0 Å². The van der Waals surface area contributed by atoms with Gasteiger partial charge in [0.1, 0.15) is 29.6 Å². The fourth-order valence-corrected chi connectivity index (χ4v) is 7.67. The molecule has 1 N–H and O–H groups in total. The van der Waals surface area contributed by atoms with Gasteiger partial charge in [-0.1, -0.05) is 141 Å². The van der Waals surface area contributed by atoms with E-state index >= 15 is 0 Å². The molecule has 10 heteroatoms. The monoisotopic (exact) mass is 983 g/mol. The molecule has 0 amide bonds. The van der Waals surface area contributed by atoms with Crippen molar-refractivity contribution >= 4 is 81.6 Å². The molecule has 9 aromatic rings. The molecule has 9 rings (SSSR count). The number of hydrogen-bond acceptors (Lipinski definition) is 9. The number of methoxy groups -OCH3 is 1. The second-order valence-corrected chi connectivity index (χ2v) is 16.0. The van der Waals surface area contributed by atoms with Gasteiger partial charge in [-0.15, -0.1) is 0 Å². The Morgan fingerprint density at radius 1 is 0.387 bits per heavy atom. The van der Waals surface area contributed by atoms with Crippen molar-refractivity contribution in [2.45, 2.75) is 7.43 Å². The van der Waals surface area contributed by atoms with Crippen LogP contribution >= 0.6 is 0 Å². The number of ether oxygens (including phenoxy) is 1. The van der Waals surface area contributed by atoms with E-state index in [9.17, 15) is 14.4 Å². The molecule has 0 radical (unpaired) electrons. The first-order valence-corrected chi connectivity index (χ1v) is 23.3. The number of carboxylic acid groups (broad SMARTS) is 1. The standard InChI is InChI=1S/C23H18N2O2.C22H16N2O2.C19H15NO.CH4/c1-27-23(26)19(17-24)16-18-12-14-22(15-13-18)25(20-8-4-2-5-9-20)21-10-6-3-7-11-21;23-16-18(22(25)26)15-17-11-13-21(14-12-17)24(19-7-3-1-4-8-19)20-9-5-2-6-10-20;21-15-16-11-13-19(14-12-16)20(17-7-3-1-4-8-17)18-9-5-2-6-10-18;/h2-16H,1H3;1-15H,(H,25,26);1-15H;1H4/b19-16-;18-15-;;. The quantitative estimate of drug-likeness (QED) is 0.0485. The van der Waals surface area contributed by atoms with E-state index in [4.69, 9.17) is 15.6 Å². The minimum atomic E-state index is -1.23. The van der Waals surface area contributed by atoms with E-state index < -0.39 is 11.9 Å². The zero-order chi connectivity index (χ0) is 51.9. The summed E-state index contributed by atoms with van der Waals surface area (Å²) in [4.78, 5) is 39.8. The highest BCUT2D eigenvalue weighted by Crippen LogP contribution is 2.37. The molecule has 0 heterocycles. The van der Waals surface area contributed by atoms with Crippen molar-refractivity contribution < 1.29 is 24.2 Å². The van der Waals surface area contributed by atoms with Crippen molar-refractivity contribution in [1.82, 2.24) is 0 Å². The zero-order valence-electron chi connectivity index (χ0n) is 40.3. The number of aliphatic carboxylic acids is 1. The highest BCUT2D eigenvalue weighted by Gasteiger charge is 2.15. The zero-order valence-corrected chi connectivity index (χ0v) is 40.3. The van der Waals surface area contributed by atoms with Crippen LogP contribution in [-0.2, 0) is 14.3 Å². The lowest BCUT2D eigenvalue weighted by molar-refractivity contribution is -0.135. The summed E-state index contributed by atoms with van der Waals surface area (Å²) in [6, 6.07) is 86.7. The van der Waals surface area contributed by atoms with Crippen molar-refractivity contribution in [2.24, 2.45) is 0 Å². The molecule has 0 atom stereocenters. The molecule has 9 aromatic carbocycles. The van der Waals surface area contributed by atoms with E-state index in [1.165, 1.54) is 19.3 Å². The van der Waals surface area contributed by atoms with Gasteiger partial charge in [-0.05, 0) is 145 Å². The highest BCUT2D eigenvalue weighted by molar-refractivity contribution is 5.98. The number of rotatable bonds is 14. The Kier molecular flexibility index (Phi) is 19.9. The molecule has 0 saturated carbocycles. The molecule has 0 aliphatic rings. The molecule has 0 saturated heterocycles. The summed E-state index contributed by atoms with van der Waals surface area (Å²) in [5, 5.41) is 27.0. The van der Waals surface area contributed by atoms with E-state index in [0.717, 1.165) is 63.0 Å². The Balaban J connectivity index is 0.000000183. The van der Waals surface area contributed by atoms with Crippen LogP contribution in [0.1, 0.15) is 28.9 Å². The van der Waals surface area contributed by atoms with Gasteiger partial charge >= 0.3 is 11.9 Å². The first-order valence-electron chi connectivity index (χ1n) is 23.3. The third-order valence-corrected chi connectivity index (χ3v) is 11.2. The fourth-order valence-electron chi connectivity index (χ4n) is 7.67. The van der Waals surface area contributed by atoms with Crippen LogP contribution in [0.15, 0.2) is 266 Å². The molecule has 0 bridgehead atoms. The first-order chi connectivity index (χ1) is 36.3. The maximum absolute atomic E-state index is 11.6. The largest absolute Gasteiger partial charge is 0.477 e. The minimum Gasteiger partial charge on any atom is -0.477 e. The van der Waals surface area contributed by atoms with Gasteiger partial charge in [0.2, 0.25) is 0 Å². The number of carbonyl (C=O) groups is 3. The number of esters is 1. The average molecular weight is 984 g/mol. The molecule has 0 unspecified atom stereocenters. The molecule has 0 aliphatic heterocycles. The molecule has 10 nitrogen and oxygen atoms in total.